The van der Waals surface area contributed by atoms with E-state index in [2.05, 4.69) is 343 Å². The number of carbonyl (C=O) groups excluding carboxylic acids is 1. The third-order valence-corrected chi connectivity index (χ3v) is 23.3. The van der Waals surface area contributed by atoms with Gasteiger partial charge in [-0.1, -0.05) is 159 Å². The van der Waals surface area contributed by atoms with E-state index >= 15 is 0 Å². The molecule has 504 valence electrons. The molecule has 0 amide bonds. The molecule has 10 heteroatoms. The van der Waals surface area contributed by atoms with Gasteiger partial charge in [0.2, 0.25) is 0 Å². The molecule has 0 atom stereocenters. The molecule has 0 radical (unpaired) electrons. The first-order valence-electron chi connectivity index (χ1n) is 33.7. The van der Waals surface area contributed by atoms with E-state index in [0.717, 1.165) is 36.7 Å². The lowest BCUT2D eigenvalue weighted by Gasteiger charge is -2.21. The summed E-state index contributed by atoms with van der Waals surface area (Å²) in [6, 6.07) is 119. The quantitative estimate of drug-likeness (QED) is 0.0383. The summed E-state index contributed by atoms with van der Waals surface area (Å²) in [6.45, 7) is 18.7. The van der Waals surface area contributed by atoms with Gasteiger partial charge in [-0.15, -0.1) is 0 Å². The summed E-state index contributed by atoms with van der Waals surface area (Å²) < 4.78 is 28.4. The molecule has 0 aliphatic heterocycles. The van der Waals surface area contributed by atoms with Gasteiger partial charge in [0, 0.05) is 0 Å². The minimum absolute atomic E-state index is 0.0858. The second-order valence-corrected chi connectivity index (χ2v) is 33.2. The number of hydrogen-bond donors (Lipinski definition) is 0. The SMILES string of the molecule is CC(C)(C)OC(=O)COc1ccc([S+](c2ccccc2)c2ccccc2)cc1.CC(C)(C)Oc1ccc([S+](c2ccccc2)c2ccccc2)cc1.CC(C)Oc1ccc([S+](c2ccccc2)c2ccccc2)cc1.CCCCOc1ccc([S+](c2ccccc2)c2ccccc2)cc1. The third kappa shape index (κ3) is 24.0. The van der Waals surface area contributed by atoms with Gasteiger partial charge >= 0.3 is 5.97 Å². The highest BCUT2D eigenvalue weighted by Gasteiger charge is 2.32. The summed E-state index contributed by atoms with van der Waals surface area (Å²) in [5.41, 5.74) is -0.688. The Hall–Kier alpha value is -9.29. The predicted molar refractivity (Wildman–Crippen MR) is 414 cm³/mol. The molecule has 0 aliphatic rings. The molecule has 0 spiro atoms. The van der Waals surface area contributed by atoms with Crippen molar-refractivity contribution in [2.45, 2.75) is 151 Å². The minimum Gasteiger partial charge on any atom is -0.494 e. The van der Waals surface area contributed by atoms with Gasteiger partial charge in [-0.2, -0.15) is 0 Å². The van der Waals surface area contributed by atoms with Crippen LogP contribution in [0.3, 0.4) is 0 Å². The summed E-state index contributed by atoms with van der Waals surface area (Å²) in [7, 11) is -0.475. The number of rotatable bonds is 22. The summed E-state index contributed by atoms with van der Waals surface area (Å²) in [5.74, 6) is 3.07. The fourth-order valence-corrected chi connectivity index (χ4v) is 18.5. The van der Waals surface area contributed by atoms with Crippen molar-refractivity contribution in [3.63, 3.8) is 0 Å². The Bertz CT molecular complexity index is 4040. The van der Waals surface area contributed by atoms with Crippen LogP contribution in [0.1, 0.15) is 75.2 Å². The Morgan fingerprint density at radius 2 is 0.535 bits per heavy atom. The Kier molecular flexibility index (Phi) is 28.5. The van der Waals surface area contributed by atoms with E-state index in [4.69, 9.17) is 23.7 Å². The van der Waals surface area contributed by atoms with Crippen molar-refractivity contribution in [1.29, 1.82) is 0 Å². The predicted octanol–water partition coefficient (Wildman–Crippen LogP) is 23.0. The maximum atomic E-state index is 11.8. The molecule has 99 heavy (non-hydrogen) atoms. The fourth-order valence-electron chi connectivity index (χ4n) is 10.2. The van der Waals surface area contributed by atoms with E-state index in [1.54, 1.807) is 0 Å². The summed E-state index contributed by atoms with van der Waals surface area (Å²) in [6.07, 6.45) is 2.45. The van der Waals surface area contributed by atoms with Gasteiger partial charge < -0.3 is 23.7 Å². The number of ether oxygens (including phenoxy) is 5. The van der Waals surface area contributed by atoms with Crippen molar-refractivity contribution in [1.82, 2.24) is 0 Å². The standard InChI is InChI=1S/C24H25O3S.2C22H23OS.C21H21OS/c1-24(2,3)27-23(25)18-26-19-14-16-22(17-15-19)28(20-10-6-4-7-11-20)21-12-8-5-9-13-21;1-22(2,3)23-18-14-16-21(17-15-18)24(19-10-6-4-7-11-19)20-12-8-5-9-13-20;1-2-3-18-23-19-14-16-22(17-15-19)24(20-10-6-4-7-11-20)21-12-8-5-9-13-21;1-17(2)22-18-13-15-21(16-14-18)23(19-9-5-3-6-10-19)20-11-7-4-8-12-20/h4-17H,18H2,1-3H3;4-17H,1-3H3;4-17H,2-3,18H2,1H3;3-17H,1-2H3/q4*+1. The summed E-state index contributed by atoms with van der Waals surface area (Å²) in [4.78, 5) is 27.5. The van der Waals surface area contributed by atoms with Crippen LogP contribution in [0.2, 0.25) is 0 Å². The minimum atomic E-state index is -0.510. The number of carbonyl (C=O) groups is 1. The normalized spacial score (nSPS) is 11.1. The zero-order chi connectivity index (χ0) is 69.7. The second-order valence-electron chi connectivity index (χ2n) is 25.1. The molecule has 0 saturated carbocycles. The largest absolute Gasteiger partial charge is 0.494 e. The van der Waals surface area contributed by atoms with Crippen LogP contribution in [-0.2, 0) is 53.1 Å². The highest BCUT2D eigenvalue weighted by atomic mass is 32.2. The van der Waals surface area contributed by atoms with Crippen LogP contribution in [-0.4, -0.2) is 36.5 Å². The fraction of sp³-hybridized carbons (Fsp3) is 0.180. The van der Waals surface area contributed by atoms with Crippen molar-refractivity contribution >= 4 is 49.5 Å². The van der Waals surface area contributed by atoms with Gasteiger partial charge in [-0.3, -0.25) is 0 Å². The second kappa shape index (κ2) is 38.2. The zero-order valence-electron chi connectivity index (χ0n) is 58.3. The van der Waals surface area contributed by atoms with E-state index in [1.807, 2.05) is 58.9 Å². The molecule has 12 rings (SSSR count). The van der Waals surface area contributed by atoms with E-state index in [9.17, 15) is 4.79 Å². The average molecular weight is 1390 g/mol. The monoisotopic (exact) mass is 1380 g/mol. The van der Waals surface area contributed by atoms with Crippen molar-refractivity contribution < 1.29 is 28.5 Å². The summed E-state index contributed by atoms with van der Waals surface area (Å²) in [5, 5.41) is 0. The van der Waals surface area contributed by atoms with Crippen molar-refractivity contribution in [3.05, 3.63) is 340 Å². The lowest BCUT2D eigenvalue weighted by molar-refractivity contribution is -0.157. The molecule has 0 aliphatic carbocycles. The van der Waals surface area contributed by atoms with Crippen molar-refractivity contribution in [2.24, 2.45) is 0 Å². The van der Waals surface area contributed by atoms with Gasteiger partial charge in [0.05, 0.1) is 56.3 Å². The van der Waals surface area contributed by atoms with E-state index in [1.165, 1.54) is 58.7 Å². The van der Waals surface area contributed by atoms with Gasteiger partial charge in [-0.05, 0) is 256 Å². The van der Waals surface area contributed by atoms with E-state index in [-0.39, 0.29) is 67.9 Å². The molecule has 12 aromatic carbocycles. The molecule has 0 heterocycles. The zero-order valence-corrected chi connectivity index (χ0v) is 61.6. The van der Waals surface area contributed by atoms with Crippen LogP contribution in [0.25, 0.3) is 0 Å². The first-order valence-corrected chi connectivity index (χ1v) is 38.6. The molecular weight excluding hydrogens is 1290 g/mol. The summed E-state index contributed by atoms with van der Waals surface area (Å²) >= 11 is 0. The Balaban J connectivity index is 0.000000155. The number of unbranched alkanes of at least 4 members (excludes halogenated alkanes) is 1. The molecule has 0 aromatic heterocycles. The van der Waals surface area contributed by atoms with E-state index in [0.29, 0.717) is 5.75 Å². The van der Waals surface area contributed by atoms with E-state index < -0.39 is 5.60 Å². The lowest BCUT2D eigenvalue weighted by atomic mass is 10.2. The average Bonchev–Trinajstić information content (AvgIpc) is 0.851. The number of benzene rings is 12. The van der Waals surface area contributed by atoms with Gasteiger partial charge in [0.25, 0.3) is 0 Å². The van der Waals surface area contributed by atoms with Crippen LogP contribution in [0, 0.1) is 0 Å². The molecule has 6 nitrogen and oxygen atoms in total. The topological polar surface area (TPSA) is 63.2 Å². The lowest BCUT2D eigenvalue weighted by Crippen LogP contribution is -2.27. The maximum Gasteiger partial charge on any atom is 0.344 e. The molecule has 0 bridgehead atoms. The molecular formula is C89H92O6S4+4. The Morgan fingerprint density at radius 1 is 0.303 bits per heavy atom. The molecule has 12 aromatic rings. The number of hydrogen-bond acceptors (Lipinski definition) is 6. The van der Waals surface area contributed by atoms with Gasteiger partial charge in [0.1, 0.15) is 34.2 Å². The van der Waals surface area contributed by atoms with Crippen LogP contribution in [0.4, 0.5) is 0 Å². The van der Waals surface area contributed by atoms with Crippen LogP contribution >= 0.6 is 0 Å². The smallest absolute Gasteiger partial charge is 0.344 e. The van der Waals surface area contributed by atoms with Gasteiger partial charge in [0.15, 0.2) is 65.4 Å². The Labute approximate surface area is 600 Å². The molecule has 0 fully saturated rings. The Morgan fingerprint density at radius 3 is 0.768 bits per heavy atom. The first kappa shape index (κ1) is 73.9. The highest BCUT2D eigenvalue weighted by Crippen LogP contribution is 2.37. The van der Waals surface area contributed by atoms with Crippen molar-refractivity contribution in [3.8, 4) is 23.0 Å². The van der Waals surface area contributed by atoms with Gasteiger partial charge in [-0.25, -0.2) is 4.79 Å². The molecule has 0 unspecified atom stereocenters. The van der Waals surface area contributed by atoms with Crippen LogP contribution in [0.15, 0.2) is 398 Å². The third-order valence-electron chi connectivity index (χ3n) is 14.4. The number of esters is 1. The van der Waals surface area contributed by atoms with Crippen molar-refractivity contribution in [2.75, 3.05) is 13.2 Å². The molecule has 0 saturated heterocycles. The van der Waals surface area contributed by atoms with Crippen LogP contribution in [0.5, 0.6) is 23.0 Å². The molecule has 0 N–H and O–H groups in total. The highest BCUT2D eigenvalue weighted by molar-refractivity contribution is 7.98. The maximum absolute atomic E-state index is 11.8. The first-order chi connectivity index (χ1) is 48.1. The van der Waals surface area contributed by atoms with Crippen LogP contribution < -0.4 is 18.9 Å².